The maximum Gasteiger partial charge on any atom is 0.181 e. The van der Waals surface area contributed by atoms with Crippen LogP contribution in [-0.4, -0.2) is 19.5 Å². The summed E-state index contributed by atoms with van der Waals surface area (Å²) in [4.78, 5) is 10.6. The van der Waals surface area contributed by atoms with Crippen molar-refractivity contribution in [3.8, 4) is 17.6 Å². The van der Waals surface area contributed by atoms with E-state index in [0.29, 0.717) is 24.2 Å². The first-order valence-corrected chi connectivity index (χ1v) is 5.02. The molecule has 0 fully saturated rings. The first-order chi connectivity index (χ1) is 7.72. The van der Waals surface area contributed by atoms with Crippen molar-refractivity contribution in [3.63, 3.8) is 0 Å². The molecule has 0 saturated carbocycles. The third-order valence-electron chi connectivity index (χ3n) is 1.75. The quantitative estimate of drug-likeness (QED) is 0.741. The second kappa shape index (κ2) is 5.99. The minimum atomic E-state index is -0.125. The van der Waals surface area contributed by atoms with E-state index >= 15 is 0 Å². The molecule has 0 saturated heterocycles. The van der Waals surface area contributed by atoms with Crippen LogP contribution in [0, 0.1) is 11.3 Å². The van der Waals surface area contributed by atoms with Gasteiger partial charge in [-0.2, -0.15) is 5.26 Å². The van der Waals surface area contributed by atoms with Crippen LogP contribution in [0.5, 0.6) is 11.5 Å². The van der Waals surface area contributed by atoms with E-state index in [4.69, 9.17) is 26.3 Å². The molecule has 0 bridgehead atoms. The third kappa shape index (κ3) is 2.88. The van der Waals surface area contributed by atoms with Crippen molar-refractivity contribution in [2.45, 2.75) is 6.92 Å². The smallest absolute Gasteiger partial charge is 0.181 e. The number of nitrogens with zero attached hydrogens (tertiary/aromatic N) is 1. The molecule has 0 radical (unpaired) electrons. The van der Waals surface area contributed by atoms with Gasteiger partial charge in [0.05, 0.1) is 11.6 Å². The maximum absolute atomic E-state index is 10.6. The largest absolute Gasteiger partial charge is 0.490 e. The molecule has 0 atom stereocenters. The predicted octanol–water partition coefficient (Wildman–Crippen LogP) is 2.45. The summed E-state index contributed by atoms with van der Waals surface area (Å²) in [5.74, 6) is 0.656. The minimum absolute atomic E-state index is 0.125. The van der Waals surface area contributed by atoms with Crippen LogP contribution in [-0.2, 0) is 0 Å². The monoisotopic (exact) mass is 239 g/mol. The normalized spacial score (nSPS) is 9.31. The Bertz CT molecular complexity index is 426. The van der Waals surface area contributed by atoms with Crippen LogP contribution in [0.4, 0.5) is 0 Å². The third-order valence-corrected chi connectivity index (χ3v) is 2.03. The molecule has 0 aliphatic carbocycles. The highest BCUT2D eigenvalue weighted by molar-refractivity contribution is 6.32. The van der Waals surface area contributed by atoms with Crippen LogP contribution in [0.1, 0.15) is 17.3 Å². The first kappa shape index (κ1) is 12.3. The lowest BCUT2D eigenvalue weighted by molar-refractivity contribution is 0.112. The standard InChI is InChI=1S/C11H10ClNO3/c1-2-15-10-6-8(7-14)5-9(12)11(10)16-4-3-13/h5-7H,2,4H2,1H3. The van der Waals surface area contributed by atoms with Gasteiger partial charge in [0.15, 0.2) is 18.1 Å². The fourth-order valence-electron chi connectivity index (χ4n) is 1.16. The van der Waals surface area contributed by atoms with Crippen LogP contribution in [0.25, 0.3) is 0 Å². The van der Waals surface area contributed by atoms with Crippen molar-refractivity contribution in [2.24, 2.45) is 0 Å². The molecular weight excluding hydrogens is 230 g/mol. The molecule has 0 unspecified atom stereocenters. The molecule has 1 rings (SSSR count). The van der Waals surface area contributed by atoms with E-state index in [1.165, 1.54) is 12.1 Å². The predicted molar refractivity (Wildman–Crippen MR) is 59.1 cm³/mol. The van der Waals surface area contributed by atoms with Crippen molar-refractivity contribution in [1.29, 1.82) is 5.26 Å². The molecule has 0 amide bonds. The molecule has 0 aliphatic heterocycles. The SMILES string of the molecule is CCOc1cc(C=O)cc(Cl)c1OCC#N. The summed E-state index contributed by atoms with van der Waals surface area (Å²) in [6, 6.07) is 4.82. The zero-order valence-electron chi connectivity index (χ0n) is 8.70. The van der Waals surface area contributed by atoms with Crippen molar-refractivity contribution in [3.05, 3.63) is 22.7 Å². The summed E-state index contributed by atoms with van der Waals surface area (Å²) in [5, 5.41) is 8.68. The number of carbonyl (C=O) groups is 1. The zero-order valence-corrected chi connectivity index (χ0v) is 9.45. The van der Waals surface area contributed by atoms with Crippen LogP contribution < -0.4 is 9.47 Å². The Balaban J connectivity index is 3.12. The van der Waals surface area contributed by atoms with E-state index < -0.39 is 0 Å². The Morgan fingerprint density at radius 1 is 1.50 bits per heavy atom. The molecule has 5 heteroatoms. The Labute approximate surface area is 98.3 Å². The van der Waals surface area contributed by atoms with Crippen LogP contribution in [0.3, 0.4) is 0 Å². The van der Waals surface area contributed by atoms with Crippen molar-refractivity contribution >= 4 is 17.9 Å². The molecule has 0 aliphatic rings. The molecule has 0 spiro atoms. The number of ether oxygens (including phenoxy) is 2. The molecule has 0 heterocycles. The Hall–Kier alpha value is -1.73. The zero-order chi connectivity index (χ0) is 12.0. The second-order valence-corrected chi connectivity index (χ2v) is 3.23. The van der Waals surface area contributed by atoms with Gasteiger partial charge in [-0.3, -0.25) is 4.79 Å². The molecular formula is C11H10ClNO3. The average Bonchev–Trinajstić information content (AvgIpc) is 2.28. The van der Waals surface area contributed by atoms with Gasteiger partial charge in [0.1, 0.15) is 12.4 Å². The van der Waals surface area contributed by atoms with E-state index in [1.807, 2.05) is 6.07 Å². The molecule has 1 aromatic rings. The molecule has 1 aromatic carbocycles. The number of benzene rings is 1. The summed E-state index contributed by atoms with van der Waals surface area (Å²) < 4.78 is 10.4. The van der Waals surface area contributed by atoms with Gasteiger partial charge in [-0.15, -0.1) is 0 Å². The molecule has 16 heavy (non-hydrogen) atoms. The summed E-state index contributed by atoms with van der Waals surface area (Å²) in [6.07, 6.45) is 0.669. The second-order valence-electron chi connectivity index (χ2n) is 2.83. The number of hydrogen-bond acceptors (Lipinski definition) is 4. The van der Waals surface area contributed by atoms with Gasteiger partial charge in [0.25, 0.3) is 0 Å². The van der Waals surface area contributed by atoms with Gasteiger partial charge in [0, 0.05) is 5.56 Å². The number of hydrogen-bond donors (Lipinski definition) is 0. The molecule has 0 aromatic heterocycles. The van der Waals surface area contributed by atoms with E-state index in [-0.39, 0.29) is 17.4 Å². The van der Waals surface area contributed by atoms with Crippen LogP contribution in [0.2, 0.25) is 5.02 Å². The van der Waals surface area contributed by atoms with Gasteiger partial charge in [-0.25, -0.2) is 0 Å². The van der Waals surface area contributed by atoms with Crippen LogP contribution >= 0.6 is 11.6 Å². The van der Waals surface area contributed by atoms with Gasteiger partial charge >= 0.3 is 0 Å². The highest BCUT2D eigenvalue weighted by Gasteiger charge is 2.12. The fraction of sp³-hybridized carbons (Fsp3) is 0.273. The van der Waals surface area contributed by atoms with E-state index in [1.54, 1.807) is 6.92 Å². The summed E-state index contributed by atoms with van der Waals surface area (Å²) in [6.45, 7) is 2.09. The number of aldehydes is 1. The summed E-state index contributed by atoms with van der Waals surface area (Å²) in [5.41, 5.74) is 0.401. The first-order valence-electron chi connectivity index (χ1n) is 4.64. The van der Waals surface area contributed by atoms with Gasteiger partial charge in [-0.1, -0.05) is 11.6 Å². The van der Waals surface area contributed by atoms with Crippen molar-refractivity contribution in [2.75, 3.05) is 13.2 Å². The molecule has 84 valence electrons. The summed E-state index contributed by atoms with van der Waals surface area (Å²) in [7, 11) is 0. The Kier molecular flexibility index (Phi) is 4.62. The highest BCUT2D eigenvalue weighted by atomic mass is 35.5. The van der Waals surface area contributed by atoms with E-state index in [9.17, 15) is 4.79 Å². The average molecular weight is 240 g/mol. The highest BCUT2D eigenvalue weighted by Crippen LogP contribution is 2.36. The lowest BCUT2D eigenvalue weighted by Crippen LogP contribution is -2.00. The fourth-order valence-corrected chi connectivity index (χ4v) is 1.44. The number of carbonyl (C=O) groups excluding carboxylic acids is 1. The molecule has 4 nitrogen and oxygen atoms in total. The lowest BCUT2D eigenvalue weighted by atomic mass is 10.2. The van der Waals surface area contributed by atoms with Crippen molar-refractivity contribution < 1.29 is 14.3 Å². The van der Waals surface area contributed by atoms with Crippen molar-refractivity contribution in [1.82, 2.24) is 0 Å². The van der Waals surface area contributed by atoms with Gasteiger partial charge < -0.3 is 9.47 Å². The maximum atomic E-state index is 10.6. The number of rotatable bonds is 5. The lowest BCUT2D eigenvalue weighted by Gasteiger charge is -2.12. The topological polar surface area (TPSA) is 59.3 Å². The Morgan fingerprint density at radius 3 is 2.81 bits per heavy atom. The van der Waals surface area contributed by atoms with E-state index in [2.05, 4.69) is 0 Å². The van der Waals surface area contributed by atoms with Crippen LogP contribution in [0.15, 0.2) is 12.1 Å². The molecule has 0 N–H and O–H groups in total. The van der Waals surface area contributed by atoms with E-state index in [0.717, 1.165) is 0 Å². The number of nitriles is 1. The number of halogens is 1. The minimum Gasteiger partial charge on any atom is -0.490 e. The Morgan fingerprint density at radius 2 is 2.25 bits per heavy atom. The van der Waals surface area contributed by atoms with Gasteiger partial charge in [-0.05, 0) is 19.1 Å². The van der Waals surface area contributed by atoms with Gasteiger partial charge in [0.2, 0.25) is 0 Å². The summed E-state index contributed by atoms with van der Waals surface area (Å²) >= 11 is 5.91.